The summed E-state index contributed by atoms with van der Waals surface area (Å²) in [5, 5.41) is -0.561. The van der Waals surface area contributed by atoms with E-state index in [0.717, 1.165) is 33.5 Å². The highest BCUT2D eigenvalue weighted by Gasteiger charge is 2.52. The van der Waals surface area contributed by atoms with Crippen LogP contribution in [0.15, 0.2) is 133 Å². The number of thioether (sulfide) groups is 1. The molecule has 8 heteroatoms. The second-order valence-corrected chi connectivity index (χ2v) is 13.0. The van der Waals surface area contributed by atoms with Crippen LogP contribution in [0.2, 0.25) is 0 Å². The third-order valence-electron chi connectivity index (χ3n) is 8.63. The van der Waals surface area contributed by atoms with Crippen molar-refractivity contribution in [3.05, 3.63) is 150 Å². The lowest BCUT2D eigenvalue weighted by molar-refractivity contribution is -0.143. The van der Waals surface area contributed by atoms with Gasteiger partial charge in [0, 0.05) is 30.9 Å². The Kier molecular flexibility index (Phi) is 9.45. The molecule has 2 aliphatic heterocycles. The van der Waals surface area contributed by atoms with Gasteiger partial charge in [0.25, 0.3) is 5.91 Å². The highest BCUT2D eigenvalue weighted by atomic mass is 32.2. The second kappa shape index (κ2) is 14.4. The van der Waals surface area contributed by atoms with Crippen LogP contribution >= 0.6 is 11.8 Å². The first-order valence-electron chi connectivity index (χ1n) is 16.0. The Morgan fingerprint density at radius 3 is 1.98 bits per heavy atom. The zero-order valence-corrected chi connectivity index (χ0v) is 27.4. The lowest BCUT2D eigenvalue weighted by Gasteiger charge is -2.48. The van der Waals surface area contributed by atoms with Crippen molar-refractivity contribution < 1.29 is 23.8 Å². The maximum Gasteiger partial charge on any atom is 0.262 e. The molecule has 0 N–H and O–H groups in total. The summed E-state index contributed by atoms with van der Waals surface area (Å²) in [6, 6.07) is 43.5. The predicted octanol–water partition coefficient (Wildman–Crippen LogP) is 7.52. The monoisotopic (exact) mass is 656 g/mol. The number of amides is 2. The van der Waals surface area contributed by atoms with Crippen molar-refractivity contribution in [2.45, 2.75) is 29.9 Å². The van der Waals surface area contributed by atoms with E-state index in [9.17, 15) is 9.59 Å². The Labute approximate surface area is 285 Å². The Balaban J connectivity index is 1.23. The van der Waals surface area contributed by atoms with E-state index >= 15 is 0 Å². The minimum Gasteiger partial charge on any atom is -0.489 e. The lowest BCUT2D eigenvalue weighted by atomic mass is 9.91. The SMILES string of the molecule is CN1CCOC(SC2C(=O)N(c3ccc(-c4ccccc4)cc3)C2c2ccc(OCc3ccccc3)cc2OCc2ccccc2)C1=O. The molecule has 242 valence electrons. The summed E-state index contributed by atoms with van der Waals surface area (Å²) in [5.74, 6) is 1.06. The number of hydrogen-bond acceptors (Lipinski definition) is 6. The molecular weight excluding hydrogens is 621 g/mol. The van der Waals surface area contributed by atoms with Gasteiger partial charge in [0.1, 0.15) is 30.0 Å². The Morgan fingerprint density at radius 1 is 0.708 bits per heavy atom. The normalized spacial score (nSPS) is 19.1. The molecule has 5 aromatic rings. The van der Waals surface area contributed by atoms with Crippen LogP contribution in [0, 0.1) is 0 Å². The van der Waals surface area contributed by atoms with Gasteiger partial charge in [-0.2, -0.15) is 0 Å². The van der Waals surface area contributed by atoms with Crippen LogP contribution in [0.3, 0.4) is 0 Å². The van der Waals surface area contributed by atoms with Crippen molar-refractivity contribution in [1.82, 2.24) is 4.90 Å². The van der Waals surface area contributed by atoms with Gasteiger partial charge in [0.15, 0.2) is 5.44 Å². The van der Waals surface area contributed by atoms with Crippen LogP contribution in [0.4, 0.5) is 5.69 Å². The molecule has 2 fully saturated rings. The molecule has 7 rings (SSSR count). The molecule has 48 heavy (non-hydrogen) atoms. The second-order valence-electron chi connectivity index (χ2n) is 11.8. The van der Waals surface area contributed by atoms with Crippen LogP contribution in [0.1, 0.15) is 22.7 Å². The minimum absolute atomic E-state index is 0.0829. The van der Waals surface area contributed by atoms with E-state index in [2.05, 4.69) is 12.1 Å². The number of likely N-dealkylation sites (N-methyl/N-ethyl adjacent to an activating group) is 1. The molecule has 0 bridgehead atoms. The fraction of sp³-hybridized carbons (Fsp3) is 0.200. The molecule has 3 atom stereocenters. The molecule has 2 saturated heterocycles. The van der Waals surface area contributed by atoms with Gasteiger partial charge in [-0.25, -0.2) is 0 Å². The van der Waals surface area contributed by atoms with E-state index in [1.165, 1.54) is 11.8 Å². The first-order chi connectivity index (χ1) is 23.5. The van der Waals surface area contributed by atoms with Crippen LogP contribution < -0.4 is 14.4 Å². The van der Waals surface area contributed by atoms with Gasteiger partial charge < -0.3 is 24.0 Å². The topological polar surface area (TPSA) is 68.3 Å². The quantitative estimate of drug-likeness (QED) is 0.137. The molecule has 2 heterocycles. The zero-order valence-electron chi connectivity index (χ0n) is 26.6. The largest absolute Gasteiger partial charge is 0.489 e. The van der Waals surface area contributed by atoms with Crippen LogP contribution in [-0.2, 0) is 27.5 Å². The third-order valence-corrected chi connectivity index (χ3v) is 9.97. The highest BCUT2D eigenvalue weighted by molar-refractivity contribution is 8.01. The molecule has 7 nitrogen and oxygen atoms in total. The van der Waals surface area contributed by atoms with Gasteiger partial charge in [-0.3, -0.25) is 9.59 Å². The molecule has 3 unspecified atom stereocenters. The number of rotatable bonds is 11. The first kappa shape index (κ1) is 31.5. The summed E-state index contributed by atoms with van der Waals surface area (Å²) in [7, 11) is 1.77. The number of benzene rings is 5. The molecule has 0 spiro atoms. The standard InChI is InChI=1S/C40H36N2O5S/c1-41-23-24-45-40(39(41)44)48-37-36(42(38(37)43)32-19-17-31(18-20-32)30-15-9-4-10-16-30)34-22-21-33(46-26-28-11-5-2-6-12-28)25-35(34)47-27-29-13-7-3-8-14-29/h2-22,25,36-37,40H,23-24,26-27H2,1H3. The summed E-state index contributed by atoms with van der Waals surface area (Å²) in [6.45, 7) is 1.71. The molecule has 0 saturated carbocycles. The number of carbonyl (C=O) groups excluding carboxylic acids is 2. The summed E-state index contributed by atoms with van der Waals surface area (Å²) in [5.41, 5.74) is 5.08. The number of nitrogens with zero attached hydrogens (tertiary/aromatic N) is 2. The summed E-state index contributed by atoms with van der Waals surface area (Å²) < 4.78 is 18.6. The number of morpholine rings is 1. The fourth-order valence-corrected chi connectivity index (χ4v) is 7.35. The van der Waals surface area contributed by atoms with E-state index in [-0.39, 0.29) is 11.8 Å². The van der Waals surface area contributed by atoms with Gasteiger partial charge >= 0.3 is 0 Å². The molecule has 2 amide bonds. The van der Waals surface area contributed by atoms with Gasteiger partial charge in [0.2, 0.25) is 5.91 Å². The van der Waals surface area contributed by atoms with Crippen molar-refractivity contribution in [2.24, 2.45) is 0 Å². The summed E-state index contributed by atoms with van der Waals surface area (Å²) >= 11 is 1.27. The van der Waals surface area contributed by atoms with Crippen molar-refractivity contribution in [3.8, 4) is 22.6 Å². The number of ether oxygens (including phenoxy) is 3. The van der Waals surface area contributed by atoms with E-state index in [4.69, 9.17) is 14.2 Å². The summed E-state index contributed by atoms with van der Waals surface area (Å²) in [4.78, 5) is 30.6. The average Bonchev–Trinajstić information content (AvgIpc) is 3.14. The van der Waals surface area contributed by atoms with Crippen LogP contribution in [-0.4, -0.2) is 47.6 Å². The van der Waals surface area contributed by atoms with Crippen molar-refractivity contribution in [2.75, 3.05) is 25.1 Å². The highest BCUT2D eigenvalue weighted by Crippen LogP contribution is 2.50. The number of anilines is 1. The third kappa shape index (κ3) is 6.81. The van der Waals surface area contributed by atoms with Gasteiger partial charge in [-0.05, 0) is 46.5 Å². The van der Waals surface area contributed by atoms with Gasteiger partial charge in [-0.1, -0.05) is 103 Å². The Bertz CT molecular complexity index is 1850. The zero-order chi connectivity index (χ0) is 32.9. The summed E-state index contributed by atoms with van der Waals surface area (Å²) in [6.07, 6.45) is 0. The smallest absolute Gasteiger partial charge is 0.262 e. The van der Waals surface area contributed by atoms with Crippen molar-refractivity contribution in [3.63, 3.8) is 0 Å². The minimum atomic E-state index is -0.759. The maximum absolute atomic E-state index is 14.0. The van der Waals surface area contributed by atoms with E-state index < -0.39 is 16.7 Å². The van der Waals surface area contributed by atoms with Crippen molar-refractivity contribution >= 4 is 29.3 Å². The number of carbonyl (C=O) groups is 2. The molecule has 0 aromatic heterocycles. The van der Waals surface area contributed by atoms with E-state index in [0.29, 0.717) is 37.9 Å². The first-order valence-corrected chi connectivity index (χ1v) is 17.0. The number of hydrogen-bond donors (Lipinski definition) is 0. The van der Waals surface area contributed by atoms with Crippen LogP contribution in [0.25, 0.3) is 11.1 Å². The predicted molar refractivity (Wildman–Crippen MR) is 189 cm³/mol. The Morgan fingerprint density at radius 2 is 1.31 bits per heavy atom. The van der Waals surface area contributed by atoms with Gasteiger partial charge in [0.05, 0.1) is 12.6 Å². The van der Waals surface area contributed by atoms with E-state index in [1.54, 1.807) is 16.8 Å². The molecular formula is C40H36N2O5S. The van der Waals surface area contributed by atoms with Gasteiger partial charge in [-0.15, -0.1) is 11.8 Å². The average molecular weight is 657 g/mol. The fourth-order valence-electron chi connectivity index (χ4n) is 5.97. The van der Waals surface area contributed by atoms with E-state index in [1.807, 2.05) is 121 Å². The Hall–Kier alpha value is -5.05. The molecule has 5 aromatic carbocycles. The molecule has 0 radical (unpaired) electrons. The maximum atomic E-state index is 14.0. The van der Waals surface area contributed by atoms with Crippen LogP contribution in [0.5, 0.6) is 11.5 Å². The lowest BCUT2D eigenvalue weighted by Crippen LogP contribution is -2.59. The van der Waals surface area contributed by atoms with Crippen molar-refractivity contribution in [1.29, 1.82) is 0 Å². The number of β-lactam (4-membered cyclic amide) rings is 1. The molecule has 0 aliphatic carbocycles. The molecule has 2 aliphatic rings.